The lowest BCUT2D eigenvalue weighted by Crippen LogP contribution is -2.54. The zero-order valence-corrected chi connectivity index (χ0v) is 42.8. The summed E-state index contributed by atoms with van der Waals surface area (Å²) in [6.45, 7) is 10.3. The second-order valence-electron chi connectivity index (χ2n) is 19.6. The van der Waals surface area contributed by atoms with Crippen LogP contribution in [0.25, 0.3) is 22.3 Å². The molecular weight excluding hydrogens is 976 g/mol. The number of carbonyl (C=O) groups is 7. The topological polar surface area (TPSA) is 275 Å². The van der Waals surface area contributed by atoms with E-state index in [-0.39, 0.29) is 56.4 Å². The molecule has 1 saturated heterocycles. The van der Waals surface area contributed by atoms with Crippen LogP contribution in [0.1, 0.15) is 105 Å². The van der Waals surface area contributed by atoms with Gasteiger partial charge >= 0.3 is 12.1 Å². The number of pyridine rings is 2. The van der Waals surface area contributed by atoms with Crippen LogP contribution in [0.2, 0.25) is 0 Å². The lowest BCUT2D eigenvalue weighted by Gasteiger charge is -2.32. The molecule has 21 nitrogen and oxygen atoms in total. The first kappa shape index (κ1) is 54.0. The van der Waals surface area contributed by atoms with E-state index in [1.54, 1.807) is 58.0 Å². The Bertz CT molecular complexity index is 3000. The first-order chi connectivity index (χ1) is 35.8. The molecule has 2 aromatic heterocycles. The van der Waals surface area contributed by atoms with Crippen molar-refractivity contribution in [1.82, 2.24) is 35.7 Å². The van der Waals surface area contributed by atoms with Gasteiger partial charge in [-0.05, 0) is 99.2 Å². The maximum Gasteiger partial charge on any atom is 0.410 e. The lowest BCUT2D eigenvalue weighted by atomic mass is 9.81. The number of halogens is 1. The van der Waals surface area contributed by atoms with Crippen molar-refractivity contribution in [3.05, 3.63) is 91.5 Å². The molecule has 400 valence electrons. The van der Waals surface area contributed by atoms with Gasteiger partial charge in [-0.15, -0.1) is 0 Å². The number of amides is 6. The van der Waals surface area contributed by atoms with Crippen molar-refractivity contribution in [3.63, 3.8) is 0 Å². The van der Waals surface area contributed by atoms with Crippen LogP contribution >= 0.6 is 0 Å². The van der Waals surface area contributed by atoms with Gasteiger partial charge in [-0.3, -0.25) is 33.7 Å². The van der Waals surface area contributed by atoms with Crippen molar-refractivity contribution in [3.8, 4) is 11.4 Å². The fraction of sp³-hybridized carbons (Fsp3) is 0.491. The Morgan fingerprint density at radius 1 is 0.947 bits per heavy atom. The second-order valence-corrected chi connectivity index (χ2v) is 19.6. The molecule has 6 N–H and O–H groups in total. The number of aromatic nitrogens is 2. The Morgan fingerprint density at radius 3 is 2.41 bits per heavy atom. The summed E-state index contributed by atoms with van der Waals surface area (Å²) in [7, 11) is 0. The normalized spacial score (nSPS) is 19.1. The highest BCUT2D eigenvalue weighted by Gasteiger charge is 2.46. The smallest absolute Gasteiger partial charge is 0.410 e. The molecule has 0 spiro atoms. The van der Waals surface area contributed by atoms with Crippen LogP contribution < -0.4 is 32.1 Å². The summed E-state index contributed by atoms with van der Waals surface area (Å²) in [6, 6.07) is 5.97. The zero-order valence-electron chi connectivity index (χ0n) is 42.8. The minimum atomic E-state index is -2.04. The largest absolute Gasteiger partial charge is 0.458 e. The van der Waals surface area contributed by atoms with Gasteiger partial charge in [0.2, 0.25) is 29.5 Å². The number of carbonyl (C=O) groups excluding carboxylic acids is 7. The van der Waals surface area contributed by atoms with Crippen molar-refractivity contribution in [2.24, 2.45) is 5.92 Å². The Labute approximate surface area is 431 Å². The molecule has 3 aliphatic heterocycles. The van der Waals surface area contributed by atoms with Crippen LogP contribution in [0.15, 0.2) is 41.2 Å². The zero-order chi connectivity index (χ0) is 53.9. The number of fused-ring (bicyclic) bond motifs is 5. The number of aliphatic hydroxyl groups is 1. The van der Waals surface area contributed by atoms with E-state index >= 15 is 4.39 Å². The average molecular weight is 1040 g/mol. The molecule has 0 radical (unpaired) electrons. The van der Waals surface area contributed by atoms with Gasteiger partial charge in [0.1, 0.15) is 50.4 Å². The minimum Gasteiger partial charge on any atom is -0.458 e. The molecule has 1 aliphatic carbocycles. The van der Waals surface area contributed by atoms with E-state index in [2.05, 4.69) is 26.6 Å². The average Bonchev–Trinajstić information content (AvgIpc) is 4.08. The number of aryl methyl sites for hydroxylation is 1. The molecule has 5 heterocycles. The van der Waals surface area contributed by atoms with Crippen LogP contribution in [-0.4, -0.2) is 119 Å². The Kier molecular flexibility index (Phi) is 16.3. The van der Waals surface area contributed by atoms with Gasteiger partial charge in [0.05, 0.1) is 41.7 Å². The van der Waals surface area contributed by atoms with E-state index in [1.165, 1.54) is 22.5 Å². The summed E-state index contributed by atoms with van der Waals surface area (Å²) < 4.78 is 38.3. The van der Waals surface area contributed by atoms with Crippen molar-refractivity contribution >= 4 is 58.2 Å². The molecule has 22 heteroatoms. The number of esters is 1. The van der Waals surface area contributed by atoms with Gasteiger partial charge < -0.3 is 55.2 Å². The van der Waals surface area contributed by atoms with E-state index in [0.717, 1.165) is 5.56 Å². The number of likely N-dealkylation sites (tertiary alicyclic amines) is 1. The fourth-order valence-corrected chi connectivity index (χ4v) is 10.2. The molecule has 0 saturated carbocycles. The summed E-state index contributed by atoms with van der Waals surface area (Å²) in [4.78, 5) is 112. The molecule has 5 atom stereocenters. The highest BCUT2D eigenvalue weighted by atomic mass is 19.1. The van der Waals surface area contributed by atoms with Crippen LogP contribution in [0, 0.1) is 18.7 Å². The van der Waals surface area contributed by atoms with Crippen LogP contribution in [-0.2, 0) is 79.5 Å². The predicted molar refractivity (Wildman–Crippen MR) is 268 cm³/mol. The number of cyclic esters (lactones) is 1. The summed E-state index contributed by atoms with van der Waals surface area (Å²) >= 11 is 0. The first-order valence-corrected chi connectivity index (χ1v) is 25.3. The number of rotatable bonds is 19. The Morgan fingerprint density at radius 2 is 1.69 bits per heavy atom. The molecule has 4 aliphatic rings. The van der Waals surface area contributed by atoms with E-state index < -0.39 is 89.4 Å². The third kappa shape index (κ3) is 11.1. The maximum atomic E-state index is 15.5. The molecule has 6 amide bonds. The molecule has 75 heavy (non-hydrogen) atoms. The number of ether oxygens (including phenoxy) is 4. The quantitative estimate of drug-likeness (QED) is 0.0513. The highest BCUT2D eigenvalue weighted by Crippen LogP contribution is 2.46. The number of benzene rings is 2. The monoisotopic (exact) mass is 1040 g/mol. The fourth-order valence-electron chi connectivity index (χ4n) is 10.2. The van der Waals surface area contributed by atoms with Gasteiger partial charge in [0.15, 0.2) is 5.60 Å². The maximum absolute atomic E-state index is 15.5. The SMILES string of the molecule is CCOCCNC(=O)COCC(=O)N[C@H](C(=O)N[C@@H](C)C(=O)Nc1ccc(COC(=O)N2CCC[C@H]2C(=O)N[C@H]2CCc3c(C)c(F)cc4nc5c(c2c34)Cn2c-5cc3c(c2=O)COC(=O)[C@]3(O)CC)cc1)C(C)C. The number of nitrogens with zero attached hydrogens (tertiary/aromatic N) is 3. The Hall–Kier alpha value is -7.30. The molecule has 2 aromatic carbocycles. The first-order valence-electron chi connectivity index (χ1n) is 25.3. The molecular formula is C53H63FN8O13. The third-order valence-corrected chi connectivity index (χ3v) is 14.3. The van der Waals surface area contributed by atoms with E-state index in [9.17, 15) is 43.5 Å². The molecule has 1 fully saturated rings. The van der Waals surface area contributed by atoms with Gasteiger partial charge in [-0.25, -0.2) is 19.0 Å². The molecule has 8 rings (SSSR count). The van der Waals surface area contributed by atoms with Crippen LogP contribution in [0.4, 0.5) is 14.9 Å². The second kappa shape index (κ2) is 22.7. The van der Waals surface area contributed by atoms with Crippen molar-refractivity contribution in [2.45, 2.75) is 123 Å². The van der Waals surface area contributed by atoms with Gasteiger partial charge in [0.25, 0.3) is 5.56 Å². The van der Waals surface area contributed by atoms with Crippen LogP contribution in [0.5, 0.6) is 0 Å². The molecule has 4 aromatic rings. The molecule has 0 bridgehead atoms. The van der Waals surface area contributed by atoms with Crippen molar-refractivity contribution in [2.75, 3.05) is 44.8 Å². The van der Waals surface area contributed by atoms with Crippen molar-refractivity contribution < 1.29 is 62.0 Å². The number of hydrogen-bond donors (Lipinski definition) is 6. The molecule has 0 unspecified atom stereocenters. The van der Waals surface area contributed by atoms with E-state index in [4.69, 9.17) is 23.9 Å². The predicted octanol–water partition coefficient (Wildman–Crippen LogP) is 3.19. The number of anilines is 1. The van der Waals surface area contributed by atoms with Crippen LogP contribution in [0.3, 0.4) is 0 Å². The summed E-state index contributed by atoms with van der Waals surface area (Å²) in [5, 5.41) is 25.8. The minimum absolute atomic E-state index is 0.0372. The standard InChI is InChI=1S/C53H63FN8O13/c1-7-53(71)35-20-40-46-33(22-62(40)50(68)34(35)24-74-51(53)69)44-37(16-15-32-28(5)36(54)21-38(58-46)43(32)44)59-48(66)39-10-9-18-61(39)52(70)75-23-30-11-13-31(14-12-30)57-47(65)29(6)56-49(67)45(27(3)4)60-42(64)26-73-25-41(63)55-17-19-72-8-2/h11-14,20-21,27,29,37,39,45,71H,7-10,15-19,22-26H2,1-6H3,(H,55,63)(H,56,67)(H,57,65)(H,59,66)(H,60,64)/t29-,37-,39-,45-,53-/m0/s1. The van der Waals surface area contributed by atoms with Gasteiger partial charge in [-0.1, -0.05) is 32.9 Å². The van der Waals surface area contributed by atoms with Gasteiger partial charge in [0, 0.05) is 48.0 Å². The van der Waals surface area contributed by atoms with E-state index in [0.29, 0.717) is 95.7 Å². The highest BCUT2D eigenvalue weighted by molar-refractivity contribution is 5.98. The van der Waals surface area contributed by atoms with Gasteiger partial charge in [-0.2, -0.15) is 0 Å². The van der Waals surface area contributed by atoms with Crippen molar-refractivity contribution in [1.29, 1.82) is 0 Å². The lowest BCUT2D eigenvalue weighted by molar-refractivity contribution is -0.172. The number of nitrogens with one attached hydrogen (secondary N) is 5. The number of hydrogen-bond acceptors (Lipinski definition) is 14. The summed E-state index contributed by atoms with van der Waals surface area (Å²) in [5.41, 5.74) is 2.41. The summed E-state index contributed by atoms with van der Waals surface area (Å²) in [5.74, 6) is -4.22. The summed E-state index contributed by atoms with van der Waals surface area (Å²) in [6.07, 6.45) is 0.999. The third-order valence-electron chi connectivity index (χ3n) is 14.3. The Balaban J connectivity index is 0.869. The van der Waals surface area contributed by atoms with E-state index in [1.807, 2.05) is 6.92 Å².